The van der Waals surface area contributed by atoms with Gasteiger partial charge >= 0.3 is 6.18 Å². The minimum atomic E-state index is -4.17. The molecule has 0 heterocycles. The van der Waals surface area contributed by atoms with E-state index in [-0.39, 0.29) is 6.61 Å². The number of aliphatic hydroxyl groups excluding tert-OH is 1. The van der Waals surface area contributed by atoms with Crippen molar-refractivity contribution in [2.45, 2.75) is 50.5 Å². The van der Waals surface area contributed by atoms with Crippen LogP contribution in [0.3, 0.4) is 0 Å². The molecular weight excluding hydrogens is 197 g/mol. The molecule has 2 unspecified atom stereocenters. The van der Waals surface area contributed by atoms with Gasteiger partial charge in [0.2, 0.25) is 0 Å². The molecule has 2 nitrogen and oxygen atoms in total. The molecule has 1 fully saturated rings. The largest absolute Gasteiger partial charge is 0.391 e. The highest BCUT2D eigenvalue weighted by Crippen LogP contribution is 2.23. The van der Waals surface area contributed by atoms with Gasteiger partial charge in [0.25, 0.3) is 0 Å². The summed E-state index contributed by atoms with van der Waals surface area (Å²) in [5.74, 6) is 0. The van der Waals surface area contributed by atoms with Crippen molar-refractivity contribution >= 4 is 0 Å². The van der Waals surface area contributed by atoms with E-state index in [4.69, 9.17) is 4.74 Å². The second-order valence-electron chi connectivity index (χ2n) is 3.63. The average Bonchev–Trinajstić information content (AvgIpc) is 2.06. The Bertz CT molecular complexity index is 170. The molecule has 0 bridgehead atoms. The lowest BCUT2D eigenvalue weighted by Gasteiger charge is -2.27. The fraction of sp³-hybridized carbons (Fsp3) is 1.00. The Labute approximate surface area is 81.1 Å². The van der Waals surface area contributed by atoms with Crippen molar-refractivity contribution in [1.82, 2.24) is 0 Å². The van der Waals surface area contributed by atoms with Gasteiger partial charge in [0.1, 0.15) is 0 Å². The summed E-state index contributed by atoms with van der Waals surface area (Å²) in [4.78, 5) is 0. The molecule has 0 spiro atoms. The molecular formula is C9H15F3O2. The summed E-state index contributed by atoms with van der Waals surface area (Å²) < 4.78 is 40.3. The average molecular weight is 212 g/mol. The molecule has 0 radical (unpaired) electrons. The first-order valence-corrected chi connectivity index (χ1v) is 4.85. The van der Waals surface area contributed by atoms with Crippen molar-refractivity contribution in [2.75, 3.05) is 6.61 Å². The van der Waals surface area contributed by atoms with Crippen LogP contribution in [0.15, 0.2) is 0 Å². The van der Waals surface area contributed by atoms with E-state index < -0.39 is 24.8 Å². The van der Waals surface area contributed by atoms with E-state index in [2.05, 4.69) is 0 Å². The van der Waals surface area contributed by atoms with Crippen LogP contribution in [0.25, 0.3) is 0 Å². The minimum Gasteiger partial charge on any atom is -0.390 e. The second-order valence-corrected chi connectivity index (χ2v) is 3.63. The fourth-order valence-corrected chi connectivity index (χ4v) is 1.60. The second kappa shape index (κ2) is 4.98. The van der Waals surface area contributed by atoms with Gasteiger partial charge in [-0.05, 0) is 12.8 Å². The Kier molecular flexibility index (Phi) is 4.19. The molecule has 0 amide bonds. The predicted molar refractivity (Wildman–Crippen MR) is 44.9 cm³/mol. The molecule has 1 aliphatic rings. The van der Waals surface area contributed by atoms with Gasteiger partial charge in [0, 0.05) is 0 Å². The number of hydrogen-bond donors (Lipinski definition) is 1. The van der Waals surface area contributed by atoms with E-state index in [9.17, 15) is 18.3 Å². The van der Waals surface area contributed by atoms with Gasteiger partial charge in [-0.1, -0.05) is 12.8 Å². The first-order valence-electron chi connectivity index (χ1n) is 4.85. The van der Waals surface area contributed by atoms with Gasteiger partial charge in [-0.2, -0.15) is 13.2 Å². The van der Waals surface area contributed by atoms with Crippen molar-refractivity contribution in [2.24, 2.45) is 0 Å². The molecule has 0 saturated heterocycles. The van der Waals surface area contributed by atoms with E-state index >= 15 is 0 Å². The third kappa shape index (κ3) is 4.28. The maximum atomic E-state index is 11.8. The Morgan fingerprint density at radius 1 is 1.21 bits per heavy atom. The summed E-state index contributed by atoms with van der Waals surface area (Å²) in [6, 6.07) is 0. The number of hydrogen-bond acceptors (Lipinski definition) is 2. The normalized spacial score (nSPS) is 29.1. The van der Waals surface area contributed by atoms with Crippen LogP contribution in [0.1, 0.15) is 32.1 Å². The SMILES string of the molecule is OC1CCCCC1OCCC(F)(F)F. The van der Waals surface area contributed by atoms with Gasteiger partial charge in [-0.25, -0.2) is 0 Å². The highest BCUT2D eigenvalue weighted by molar-refractivity contribution is 4.74. The van der Waals surface area contributed by atoms with E-state index in [1.165, 1.54) is 0 Å². The van der Waals surface area contributed by atoms with Crippen LogP contribution in [-0.2, 0) is 4.74 Å². The summed E-state index contributed by atoms with van der Waals surface area (Å²) in [7, 11) is 0. The van der Waals surface area contributed by atoms with Gasteiger partial charge < -0.3 is 9.84 Å². The Balaban J connectivity index is 2.17. The van der Waals surface area contributed by atoms with Crippen LogP contribution >= 0.6 is 0 Å². The van der Waals surface area contributed by atoms with Gasteiger partial charge in [0.05, 0.1) is 25.2 Å². The van der Waals surface area contributed by atoms with Gasteiger partial charge in [-0.15, -0.1) is 0 Å². The first kappa shape index (κ1) is 11.8. The number of aliphatic hydroxyl groups is 1. The van der Waals surface area contributed by atoms with Crippen LogP contribution in [0.5, 0.6) is 0 Å². The van der Waals surface area contributed by atoms with E-state index in [1.807, 2.05) is 0 Å². The molecule has 0 aromatic rings. The highest BCUT2D eigenvalue weighted by atomic mass is 19.4. The van der Waals surface area contributed by atoms with Crippen molar-refractivity contribution in [3.63, 3.8) is 0 Å². The lowest BCUT2D eigenvalue weighted by Crippen LogP contribution is -2.33. The summed E-state index contributed by atoms with van der Waals surface area (Å²) in [5, 5.41) is 9.39. The molecule has 2 atom stereocenters. The van der Waals surface area contributed by atoms with E-state index in [1.54, 1.807) is 0 Å². The number of halogens is 3. The van der Waals surface area contributed by atoms with Crippen LogP contribution in [0.2, 0.25) is 0 Å². The van der Waals surface area contributed by atoms with Crippen LogP contribution in [0, 0.1) is 0 Å². The molecule has 0 aromatic carbocycles. The van der Waals surface area contributed by atoms with E-state index in [0.717, 1.165) is 12.8 Å². The number of alkyl halides is 3. The molecule has 14 heavy (non-hydrogen) atoms. The quantitative estimate of drug-likeness (QED) is 0.777. The van der Waals surface area contributed by atoms with Crippen molar-refractivity contribution in [3.05, 3.63) is 0 Å². The van der Waals surface area contributed by atoms with Crippen LogP contribution in [0.4, 0.5) is 13.2 Å². The van der Waals surface area contributed by atoms with Gasteiger partial charge in [0.15, 0.2) is 0 Å². The maximum Gasteiger partial charge on any atom is 0.391 e. The lowest BCUT2D eigenvalue weighted by atomic mass is 9.95. The molecule has 5 heteroatoms. The minimum absolute atomic E-state index is 0.342. The maximum absolute atomic E-state index is 11.8. The zero-order valence-electron chi connectivity index (χ0n) is 7.89. The topological polar surface area (TPSA) is 29.5 Å². The monoisotopic (exact) mass is 212 g/mol. The zero-order valence-corrected chi connectivity index (χ0v) is 7.89. The van der Waals surface area contributed by atoms with Crippen molar-refractivity contribution in [1.29, 1.82) is 0 Å². The smallest absolute Gasteiger partial charge is 0.390 e. The summed E-state index contributed by atoms with van der Waals surface area (Å²) >= 11 is 0. The van der Waals surface area contributed by atoms with Crippen molar-refractivity contribution < 1.29 is 23.0 Å². The summed E-state index contributed by atoms with van der Waals surface area (Å²) in [6.45, 7) is -0.342. The fourth-order valence-electron chi connectivity index (χ4n) is 1.60. The molecule has 1 aliphatic carbocycles. The number of rotatable bonds is 3. The van der Waals surface area contributed by atoms with Crippen molar-refractivity contribution in [3.8, 4) is 0 Å². The van der Waals surface area contributed by atoms with Crippen LogP contribution in [-0.4, -0.2) is 30.1 Å². The number of ether oxygens (including phenoxy) is 1. The summed E-state index contributed by atoms with van der Waals surface area (Å²) in [6.07, 6.45) is -2.93. The summed E-state index contributed by atoms with van der Waals surface area (Å²) in [5.41, 5.74) is 0. The molecule has 0 aliphatic heterocycles. The first-order chi connectivity index (χ1) is 6.49. The Morgan fingerprint density at radius 3 is 2.43 bits per heavy atom. The third-order valence-electron chi connectivity index (χ3n) is 2.39. The Morgan fingerprint density at radius 2 is 1.86 bits per heavy atom. The zero-order chi connectivity index (χ0) is 10.6. The van der Waals surface area contributed by atoms with E-state index in [0.29, 0.717) is 12.8 Å². The highest BCUT2D eigenvalue weighted by Gasteiger charge is 2.29. The van der Waals surface area contributed by atoms with Crippen LogP contribution < -0.4 is 0 Å². The standard InChI is InChI=1S/C9H15F3O2/c10-9(11,12)5-6-14-8-4-2-1-3-7(8)13/h7-8,13H,1-6H2. The molecule has 1 N–H and O–H groups in total. The molecule has 84 valence electrons. The molecule has 0 aromatic heterocycles. The molecule has 1 rings (SSSR count). The lowest BCUT2D eigenvalue weighted by molar-refractivity contribution is -0.156. The molecule has 1 saturated carbocycles. The predicted octanol–water partition coefficient (Wildman–Crippen LogP) is 2.26. The van der Waals surface area contributed by atoms with Gasteiger partial charge in [-0.3, -0.25) is 0 Å². The Hall–Kier alpha value is -0.290. The third-order valence-corrected chi connectivity index (χ3v) is 2.39.